The Hall–Kier alpha value is -1.50. The van der Waals surface area contributed by atoms with E-state index in [1.165, 1.54) is 0 Å². The van der Waals surface area contributed by atoms with E-state index < -0.39 is 6.10 Å². The molecule has 0 amide bonds. The van der Waals surface area contributed by atoms with E-state index in [1.807, 2.05) is 78.9 Å². The summed E-state index contributed by atoms with van der Waals surface area (Å²) in [4.78, 5) is 0. The average Bonchev–Trinajstić information content (AvgIpc) is 2.67. The van der Waals surface area contributed by atoms with Crippen LogP contribution >= 0.6 is 35.2 Å². The second-order valence-corrected chi connectivity index (χ2v) is 7.59. The van der Waals surface area contributed by atoms with Crippen molar-refractivity contribution in [3.05, 3.63) is 99.1 Å². The van der Waals surface area contributed by atoms with Crippen molar-refractivity contribution in [3.8, 4) is 5.75 Å². The molecule has 0 aliphatic carbocycles. The number of hydrogen-bond acceptors (Lipinski definition) is 3. The van der Waals surface area contributed by atoms with Gasteiger partial charge in [-0.2, -0.15) is 12.6 Å². The van der Waals surface area contributed by atoms with Gasteiger partial charge >= 0.3 is 0 Å². The average molecular weight is 462 g/mol. The van der Waals surface area contributed by atoms with Crippen LogP contribution in [0.2, 0.25) is 0 Å². The molecule has 3 aromatic carbocycles. The lowest BCUT2D eigenvalue weighted by Gasteiger charge is -2.20. The maximum Gasteiger partial charge on any atom is 0.120 e. The molecule has 3 rings (SSSR count). The van der Waals surface area contributed by atoms with Gasteiger partial charge in [-0.1, -0.05) is 54.6 Å². The third kappa shape index (κ3) is 5.00. The van der Waals surface area contributed by atoms with Crippen LogP contribution in [0.5, 0.6) is 5.75 Å². The molecule has 0 aromatic heterocycles. The third-order valence-electron chi connectivity index (χ3n) is 3.96. The highest BCUT2D eigenvalue weighted by Gasteiger charge is 2.19. The lowest BCUT2D eigenvalue weighted by Crippen LogP contribution is -2.06. The zero-order valence-electron chi connectivity index (χ0n) is 13.5. The van der Waals surface area contributed by atoms with Gasteiger partial charge in [0.25, 0.3) is 0 Å². The van der Waals surface area contributed by atoms with Crippen molar-refractivity contribution in [2.45, 2.75) is 18.0 Å². The zero-order chi connectivity index (χ0) is 17.6. The largest absolute Gasteiger partial charge is 0.489 e. The van der Waals surface area contributed by atoms with Crippen LogP contribution in [0, 0.1) is 3.57 Å². The van der Waals surface area contributed by atoms with Crippen LogP contribution in [-0.2, 0) is 6.61 Å². The molecule has 0 aliphatic rings. The minimum absolute atomic E-state index is 0.319. The molecular weight excluding hydrogens is 443 g/mol. The van der Waals surface area contributed by atoms with Crippen molar-refractivity contribution in [2.75, 3.05) is 0 Å². The molecule has 0 spiro atoms. The van der Waals surface area contributed by atoms with E-state index in [1.54, 1.807) is 0 Å². The highest BCUT2D eigenvalue weighted by Crippen LogP contribution is 2.35. The molecule has 2 atom stereocenters. The Labute approximate surface area is 167 Å². The Morgan fingerprint density at radius 1 is 0.880 bits per heavy atom. The monoisotopic (exact) mass is 462 g/mol. The number of hydrogen-bond donors (Lipinski definition) is 2. The van der Waals surface area contributed by atoms with Gasteiger partial charge in [-0.15, -0.1) is 0 Å². The predicted molar refractivity (Wildman–Crippen MR) is 113 cm³/mol. The Kier molecular flexibility index (Phi) is 6.39. The molecule has 0 aliphatic heterocycles. The third-order valence-corrected chi connectivity index (χ3v) is 5.26. The fourth-order valence-electron chi connectivity index (χ4n) is 2.55. The summed E-state index contributed by atoms with van der Waals surface area (Å²) in [7, 11) is 0. The van der Waals surface area contributed by atoms with Crippen LogP contribution < -0.4 is 4.74 Å². The number of aliphatic hydroxyl groups excluding tert-OH is 1. The number of thiol groups is 1. The van der Waals surface area contributed by atoms with Crippen LogP contribution in [0.15, 0.2) is 78.9 Å². The van der Waals surface area contributed by atoms with Crippen LogP contribution in [0.3, 0.4) is 0 Å². The molecule has 0 saturated heterocycles. The molecule has 0 unspecified atom stereocenters. The number of rotatable bonds is 6. The highest BCUT2D eigenvalue weighted by atomic mass is 127. The first-order valence-electron chi connectivity index (χ1n) is 8.02. The number of ether oxygens (including phenoxy) is 1. The van der Waals surface area contributed by atoms with Crippen LogP contribution in [-0.4, -0.2) is 5.11 Å². The van der Waals surface area contributed by atoms with Crippen molar-refractivity contribution in [2.24, 2.45) is 0 Å². The van der Waals surface area contributed by atoms with Gasteiger partial charge in [-0.05, 0) is 63.5 Å². The normalized spacial score (nSPS) is 13.2. The SMILES string of the molecule is O[C@@H](c1ccc(I)cc1)[C@H](S)c1cccc(OCc2ccccc2)c1. The van der Waals surface area contributed by atoms with Crippen molar-refractivity contribution in [1.29, 1.82) is 0 Å². The minimum Gasteiger partial charge on any atom is -0.489 e. The van der Waals surface area contributed by atoms with E-state index in [2.05, 4.69) is 35.2 Å². The Bertz CT molecular complexity index is 806. The van der Waals surface area contributed by atoms with Gasteiger partial charge in [0.2, 0.25) is 0 Å². The van der Waals surface area contributed by atoms with Crippen LogP contribution in [0.1, 0.15) is 28.0 Å². The molecule has 2 nitrogen and oxygen atoms in total. The topological polar surface area (TPSA) is 29.5 Å². The summed E-state index contributed by atoms with van der Waals surface area (Å²) in [6.45, 7) is 0.515. The van der Waals surface area contributed by atoms with E-state index in [-0.39, 0.29) is 5.25 Å². The van der Waals surface area contributed by atoms with E-state index in [0.29, 0.717) is 6.61 Å². The molecule has 0 heterocycles. The summed E-state index contributed by atoms with van der Waals surface area (Å²) >= 11 is 6.88. The molecule has 4 heteroatoms. The quantitative estimate of drug-likeness (QED) is 0.370. The lowest BCUT2D eigenvalue weighted by atomic mass is 10.0. The summed E-state index contributed by atoms with van der Waals surface area (Å²) in [6, 6.07) is 25.6. The Morgan fingerprint density at radius 3 is 2.32 bits per heavy atom. The van der Waals surface area contributed by atoms with E-state index in [9.17, 15) is 5.11 Å². The summed E-state index contributed by atoms with van der Waals surface area (Å²) in [5, 5.41) is 10.3. The summed E-state index contributed by atoms with van der Waals surface area (Å²) in [5.74, 6) is 0.773. The van der Waals surface area contributed by atoms with Gasteiger partial charge in [0.05, 0.1) is 11.4 Å². The fraction of sp³-hybridized carbons (Fsp3) is 0.143. The van der Waals surface area contributed by atoms with Crippen molar-refractivity contribution < 1.29 is 9.84 Å². The lowest BCUT2D eigenvalue weighted by molar-refractivity contribution is 0.175. The second-order valence-electron chi connectivity index (χ2n) is 5.79. The number of aliphatic hydroxyl groups is 1. The molecule has 0 bridgehead atoms. The van der Waals surface area contributed by atoms with Gasteiger partial charge in [0, 0.05) is 3.57 Å². The molecule has 0 saturated carbocycles. The van der Waals surface area contributed by atoms with Gasteiger partial charge in [0.15, 0.2) is 0 Å². The molecule has 1 N–H and O–H groups in total. The summed E-state index contributed by atoms with van der Waals surface area (Å²) in [5.41, 5.74) is 2.91. The highest BCUT2D eigenvalue weighted by molar-refractivity contribution is 14.1. The summed E-state index contributed by atoms with van der Waals surface area (Å²) in [6.07, 6.45) is -0.676. The van der Waals surface area contributed by atoms with Gasteiger partial charge in [-0.25, -0.2) is 0 Å². The maximum atomic E-state index is 10.6. The predicted octanol–water partition coefficient (Wildman–Crippen LogP) is 5.57. The smallest absolute Gasteiger partial charge is 0.120 e. The summed E-state index contributed by atoms with van der Waals surface area (Å²) < 4.78 is 7.01. The van der Waals surface area contributed by atoms with Crippen molar-refractivity contribution in [1.82, 2.24) is 0 Å². The minimum atomic E-state index is -0.676. The standard InChI is InChI=1S/C21H19IO2S/c22-18-11-9-16(10-12-18)20(23)21(25)17-7-4-8-19(13-17)24-14-15-5-2-1-3-6-15/h1-13,20-21,23,25H,14H2/t20-,21+/m0/s1. The maximum absolute atomic E-state index is 10.6. The fourth-order valence-corrected chi connectivity index (χ4v) is 3.25. The number of halogens is 1. The Balaban J connectivity index is 1.70. The molecule has 128 valence electrons. The van der Waals surface area contributed by atoms with Crippen LogP contribution in [0.4, 0.5) is 0 Å². The molecule has 0 radical (unpaired) electrons. The number of benzene rings is 3. The molecule has 3 aromatic rings. The molecular formula is C21H19IO2S. The first-order chi connectivity index (χ1) is 12.1. The van der Waals surface area contributed by atoms with Crippen LogP contribution in [0.25, 0.3) is 0 Å². The Morgan fingerprint density at radius 2 is 1.60 bits per heavy atom. The molecule has 0 fully saturated rings. The first-order valence-corrected chi connectivity index (χ1v) is 9.61. The van der Waals surface area contributed by atoms with E-state index in [4.69, 9.17) is 4.74 Å². The molecule has 25 heavy (non-hydrogen) atoms. The zero-order valence-corrected chi connectivity index (χ0v) is 16.6. The van der Waals surface area contributed by atoms with Gasteiger partial charge in [-0.3, -0.25) is 0 Å². The van der Waals surface area contributed by atoms with Crippen molar-refractivity contribution >= 4 is 35.2 Å². The van der Waals surface area contributed by atoms with Crippen molar-refractivity contribution in [3.63, 3.8) is 0 Å². The van der Waals surface area contributed by atoms with Gasteiger partial charge in [0.1, 0.15) is 12.4 Å². The first kappa shape index (κ1) is 18.3. The van der Waals surface area contributed by atoms with E-state index >= 15 is 0 Å². The van der Waals surface area contributed by atoms with E-state index in [0.717, 1.165) is 26.0 Å². The second kappa shape index (κ2) is 8.74. The van der Waals surface area contributed by atoms with Gasteiger partial charge < -0.3 is 9.84 Å².